The van der Waals surface area contributed by atoms with Crippen molar-refractivity contribution in [2.75, 3.05) is 18.0 Å². The highest BCUT2D eigenvalue weighted by molar-refractivity contribution is 6.33. The second-order valence-electron chi connectivity index (χ2n) is 3.51. The number of pyridine rings is 1. The van der Waals surface area contributed by atoms with Gasteiger partial charge in [-0.25, -0.2) is 4.98 Å². The molecule has 0 radical (unpaired) electrons. The summed E-state index contributed by atoms with van der Waals surface area (Å²) >= 11 is 6.10. The van der Waals surface area contributed by atoms with Gasteiger partial charge in [0.1, 0.15) is 5.82 Å². The summed E-state index contributed by atoms with van der Waals surface area (Å²) < 4.78 is 0. The molecular weight excluding hydrogens is 212 g/mol. The number of hydrogen-bond donors (Lipinski definition) is 1. The maximum Gasteiger partial charge on any atom is 0.147 e. The molecular formula is C11H13ClN2O. The van der Waals surface area contributed by atoms with E-state index in [2.05, 4.69) is 22.0 Å². The van der Waals surface area contributed by atoms with E-state index >= 15 is 0 Å². The van der Waals surface area contributed by atoms with Crippen LogP contribution in [0.3, 0.4) is 0 Å². The third-order valence-corrected chi connectivity index (χ3v) is 2.70. The number of nitrogens with zero attached hydrogens (tertiary/aromatic N) is 2. The van der Waals surface area contributed by atoms with Gasteiger partial charge in [0.15, 0.2) is 0 Å². The van der Waals surface area contributed by atoms with Gasteiger partial charge in [-0.05, 0) is 18.1 Å². The zero-order valence-electron chi connectivity index (χ0n) is 8.36. The lowest BCUT2D eigenvalue weighted by atomic mass is 10.2. The summed E-state index contributed by atoms with van der Waals surface area (Å²) in [5.41, 5.74) is 0.747. The van der Waals surface area contributed by atoms with Gasteiger partial charge in [-0.3, -0.25) is 0 Å². The zero-order chi connectivity index (χ0) is 10.7. The minimum Gasteiger partial charge on any atom is -0.392 e. The van der Waals surface area contributed by atoms with Crippen LogP contribution in [0.2, 0.25) is 5.02 Å². The summed E-state index contributed by atoms with van der Waals surface area (Å²) in [6.07, 6.45) is 6.97. The van der Waals surface area contributed by atoms with Crippen LogP contribution in [0, 0.1) is 0 Å². The first kappa shape index (κ1) is 10.5. The van der Waals surface area contributed by atoms with Crippen LogP contribution < -0.4 is 4.90 Å². The van der Waals surface area contributed by atoms with Crippen molar-refractivity contribution < 1.29 is 5.11 Å². The monoisotopic (exact) mass is 224 g/mol. The molecule has 0 saturated heterocycles. The Morgan fingerprint density at radius 3 is 2.93 bits per heavy atom. The summed E-state index contributed by atoms with van der Waals surface area (Å²) in [5, 5.41) is 9.55. The molecule has 0 unspecified atom stereocenters. The first-order valence-corrected chi connectivity index (χ1v) is 5.34. The van der Waals surface area contributed by atoms with Crippen molar-refractivity contribution >= 4 is 17.4 Å². The average Bonchev–Trinajstić information content (AvgIpc) is 2.30. The largest absolute Gasteiger partial charge is 0.392 e. The molecule has 0 spiro atoms. The van der Waals surface area contributed by atoms with Crippen LogP contribution in [0.25, 0.3) is 0 Å². The first-order valence-electron chi connectivity index (χ1n) is 4.96. The fourth-order valence-corrected chi connectivity index (χ4v) is 1.93. The fourth-order valence-electron chi connectivity index (χ4n) is 1.62. The van der Waals surface area contributed by atoms with Gasteiger partial charge in [0.05, 0.1) is 11.6 Å². The molecule has 1 N–H and O–H groups in total. The molecule has 4 heteroatoms. The molecule has 0 aromatic carbocycles. The van der Waals surface area contributed by atoms with Crippen LogP contribution in [-0.2, 0) is 6.61 Å². The van der Waals surface area contributed by atoms with Crippen LogP contribution >= 0.6 is 11.6 Å². The highest BCUT2D eigenvalue weighted by Crippen LogP contribution is 2.25. The van der Waals surface area contributed by atoms with Crippen LogP contribution in [-0.4, -0.2) is 23.2 Å². The lowest BCUT2D eigenvalue weighted by Crippen LogP contribution is -2.27. The molecule has 1 aromatic rings. The lowest BCUT2D eigenvalue weighted by Gasteiger charge is -2.25. The molecule has 0 amide bonds. The number of aromatic nitrogens is 1. The summed E-state index contributed by atoms with van der Waals surface area (Å²) in [7, 11) is 0. The van der Waals surface area contributed by atoms with Gasteiger partial charge in [-0.1, -0.05) is 23.8 Å². The van der Waals surface area contributed by atoms with Crippen LogP contribution in [0.1, 0.15) is 12.0 Å². The number of aliphatic hydroxyl groups is 1. The van der Waals surface area contributed by atoms with Crippen LogP contribution in [0.15, 0.2) is 24.4 Å². The first-order chi connectivity index (χ1) is 7.31. The fraction of sp³-hybridized carbons (Fsp3) is 0.364. The second-order valence-corrected chi connectivity index (χ2v) is 3.92. The number of rotatable bonds is 2. The lowest BCUT2D eigenvalue weighted by molar-refractivity contribution is 0.281. The van der Waals surface area contributed by atoms with Crippen LogP contribution in [0.5, 0.6) is 0 Å². The number of halogens is 1. The topological polar surface area (TPSA) is 36.4 Å². The molecule has 1 aliphatic rings. The molecule has 1 aliphatic heterocycles. The summed E-state index contributed by atoms with van der Waals surface area (Å²) in [5.74, 6) is 0.804. The molecule has 2 rings (SSSR count). The van der Waals surface area contributed by atoms with E-state index in [-0.39, 0.29) is 6.61 Å². The Balaban J connectivity index is 2.24. The van der Waals surface area contributed by atoms with E-state index in [1.54, 1.807) is 12.3 Å². The molecule has 0 atom stereocenters. The van der Waals surface area contributed by atoms with E-state index in [1.807, 2.05) is 0 Å². The SMILES string of the molecule is OCc1cnc(N2CC=CCC2)c(Cl)c1. The van der Waals surface area contributed by atoms with Gasteiger partial charge in [-0.15, -0.1) is 0 Å². The van der Waals surface area contributed by atoms with Crippen molar-refractivity contribution in [3.8, 4) is 0 Å². The van der Waals surface area contributed by atoms with Crippen molar-refractivity contribution in [3.63, 3.8) is 0 Å². The van der Waals surface area contributed by atoms with E-state index in [0.717, 1.165) is 30.9 Å². The van der Waals surface area contributed by atoms with E-state index < -0.39 is 0 Å². The van der Waals surface area contributed by atoms with E-state index in [1.165, 1.54) is 0 Å². The quantitative estimate of drug-likeness (QED) is 0.781. The second kappa shape index (κ2) is 4.64. The Labute approximate surface area is 94.0 Å². The van der Waals surface area contributed by atoms with Crippen molar-refractivity contribution in [2.24, 2.45) is 0 Å². The highest BCUT2D eigenvalue weighted by Gasteiger charge is 2.12. The summed E-state index contributed by atoms with van der Waals surface area (Å²) in [6, 6.07) is 1.77. The maximum absolute atomic E-state index is 8.94. The van der Waals surface area contributed by atoms with E-state index in [9.17, 15) is 0 Å². The smallest absolute Gasteiger partial charge is 0.147 e. The van der Waals surface area contributed by atoms with E-state index in [4.69, 9.17) is 16.7 Å². The normalized spacial score (nSPS) is 15.7. The van der Waals surface area contributed by atoms with Crippen molar-refractivity contribution in [3.05, 3.63) is 35.0 Å². The van der Waals surface area contributed by atoms with Gasteiger partial charge in [0.2, 0.25) is 0 Å². The summed E-state index contributed by atoms with van der Waals surface area (Å²) in [6.45, 7) is 1.78. The van der Waals surface area contributed by atoms with E-state index in [0.29, 0.717) is 5.02 Å². The number of anilines is 1. The Hall–Kier alpha value is -1.06. The Morgan fingerprint density at radius 2 is 2.33 bits per heavy atom. The predicted molar refractivity (Wildman–Crippen MR) is 61.1 cm³/mol. The molecule has 1 aromatic heterocycles. The number of aliphatic hydroxyl groups excluding tert-OH is 1. The molecule has 0 aliphatic carbocycles. The Bertz CT molecular complexity index is 379. The molecule has 0 bridgehead atoms. The molecule has 15 heavy (non-hydrogen) atoms. The Morgan fingerprint density at radius 1 is 1.47 bits per heavy atom. The number of hydrogen-bond acceptors (Lipinski definition) is 3. The molecule has 3 nitrogen and oxygen atoms in total. The van der Waals surface area contributed by atoms with Crippen molar-refractivity contribution in [1.82, 2.24) is 4.98 Å². The Kier molecular flexibility index (Phi) is 3.23. The predicted octanol–water partition coefficient (Wildman–Crippen LogP) is 1.99. The van der Waals surface area contributed by atoms with Crippen LogP contribution in [0.4, 0.5) is 5.82 Å². The van der Waals surface area contributed by atoms with Gasteiger partial charge >= 0.3 is 0 Å². The van der Waals surface area contributed by atoms with Crippen molar-refractivity contribution in [2.45, 2.75) is 13.0 Å². The third-order valence-electron chi connectivity index (χ3n) is 2.42. The minimum atomic E-state index is -0.0209. The van der Waals surface area contributed by atoms with Gasteiger partial charge in [0.25, 0.3) is 0 Å². The van der Waals surface area contributed by atoms with Gasteiger partial charge in [-0.2, -0.15) is 0 Å². The highest BCUT2D eigenvalue weighted by atomic mass is 35.5. The standard InChI is InChI=1S/C11H13ClN2O/c12-10-6-9(8-15)7-13-11(10)14-4-2-1-3-5-14/h1-2,6-7,15H,3-5,8H2. The molecule has 80 valence electrons. The molecule has 0 saturated carbocycles. The molecule has 2 heterocycles. The zero-order valence-corrected chi connectivity index (χ0v) is 9.11. The average molecular weight is 225 g/mol. The minimum absolute atomic E-state index is 0.0209. The summed E-state index contributed by atoms with van der Waals surface area (Å²) in [4.78, 5) is 6.40. The molecule has 0 fully saturated rings. The third kappa shape index (κ3) is 2.30. The van der Waals surface area contributed by atoms with Gasteiger partial charge in [0, 0.05) is 19.3 Å². The van der Waals surface area contributed by atoms with Crippen molar-refractivity contribution in [1.29, 1.82) is 0 Å². The van der Waals surface area contributed by atoms with Gasteiger partial charge < -0.3 is 10.0 Å². The maximum atomic E-state index is 8.94.